The summed E-state index contributed by atoms with van der Waals surface area (Å²) in [7, 11) is 4.05. The van der Waals surface area contributed by atoms with Crippen LogP contribution in [0.1, 0.15) is 0 Å². The van der Waals surface area contributed by atoms with E-state index in [4.69, 9.17) is 0 Å². The summed E-state index contributed by atoms with van der Waals surface area (Å²) in [5.74, 6) is -10.5. The molecule has 0 saturated heterocycles. The molecule has 1 N–H and O–H groups in total. The van der Waals surface area contributed by atoms with Gasteiger partial charge in [-0.25, -0.2) is 9.59 Å². The number of ether oxygens (including phenoxy) is 4. The quantitative estimate of drug-likeness (QED) is 0.291. The summed E-state index contributed by atoms with van der Waals surface area (Å²) >= 11 is 0. The molecule has 2 rings (SSSR count). The molecule has 0 saturated carbocycles. The first-order valence-corrected chi connectivity index (χ1v) is 7.30. The molecule has 0 aromatic carbocycles. The van der Waals surface area contributed by atoms with Gasteiger partial charge < -0.3 is 24.1 Å². The Morgan fingerprint density at radius 2 is 1.23 bits per heavy atom. The first kappa shape index (κ1) is 19.2. The maximum Gasteiger partial charge on any atom is 0.341 e. The molecule has 0 heterocycles. The van der Waals surface area contributed by atoms with Crippen molar-refractivity contribution in [2.45, 2.75) is 0 Å². The second-order valence-electron chi connectivity index (χ2n) is 5.42. The van der Waals surface area contributed by atoms with Crippen LogP contribution < -0.4 is 0 Å². The predicted molar refractivity (Wildman–Crippen MR) is 80.2 cm³/mol. The number of Topliss-reactive ketones (excluding diaryl/α,β-unsaturated/α-hetero) is 1. The van der Waals surface area contributed by atoms with Gasteiger partial charge in [0.1, 0.15) is 28.7 Å². The normalized spacial score (nSPS) is 24.3. The Hall–Kier alpha value is -3.17. The first-order chi connectivity index (χ1) is 12.3. The van der Waals surface area contributed by atoms with Crippen LogP contribution in [-0.4, -0.2) is 63.2 Å². The molecule has 0 aliphatic heterocycles. The minimum atomic E-state index is -1.63. The molecule has 0 aromatic heterocycles. The zero-order chi connectivity index (χ0) is 19.8. The number of ketones is 1. The highest BCUT2D eigenvalue weighted by Crippen LogP contribution is 2.52. The Kier molecular flexibility index (Phi) is 5.15. The van der Waals surface area contributed by atoms with Gasteiger partial charge in [0.2, 0.25) is 0 Å². The van der Waals surface area contributed by atoms with E-state index < -0.39 is 64.3 Å². The average Bonchev–Trinajstić information content (AvgIpc) is 3.08. The number of rotatable bonds is 4. The fourth-order valence-corrected chi connectivity index (χ4v) is 3.29. The van der Waals surface area contributed by atoms with Crippen LogP contribution in [0, 0.1) is 17.8 Å². The van der Waals surface area contributed by atoms with Crippen LogP contribution in [0.15, 0.2) is 22.5 Å². The third-order valence-electron chi connectivity index (χ3n) is 4.36. The lowest BCUT2D eigenvalue weighted by Crippen LogP contribution is -2.35. The van der Waals surface area contributed by atoms with Gasteiger partial charge in [0.05, 0.1) is 28.4 Å². The number of carbonyl (C=O) groups is 5. The summed E-state index contributed by atoms with van der Waals surface area (Å²) in [4.78, 5) is 61.2. The molecule has 10 heteroatoms. The molecule has 3 unspecified atom stereocenters. The summed E-state index contributed by atoms with van der Waals surface area (Å²) < 4.78 is 18.3. The molecule has 26 heavy (non-hydrogen) atoms. The van der Waals surface area contributed by atoms with Crippen molar-refractivity contribution < 1.29 is 48.0 Å². The fourth-order valence-electron chi connectivity index (χ4n) is 3.29. The van der Waals surface area contributed by atoms with E-state index in [9.17, 15) is 29.1 Å². The zero-order valence-electron chi connectivity index (χ0n) is 14.4. The summed E-state index contributed by atoms with van der Waals surface area (Å²) in [5, 5.41) is 10.4. The minimum Gasteiger partial charge on any atom is -0.510 e. The first-order valence-electron chi connectivity index (χ1n) is 7.30. The smallest absolute Gasteiger partial charge is 0.341 e. The molecule has 0 bridgehead atoms. The molecular weight excluding hydrogens is 352 g/mol. The maximum absolute atomic E-state index is 12.7. The second-order valence-corrected chi connectivity index (χ2v) is 5.42. The van der Waals surface area contributed by atoms with Gasteiger partial charge in [0.25, 0.3) is 0 Å². The molecule has 0 radical (unpaired) electrons. The standard InChI is InChI=1S/C16H16O10/c1-23-13(19)7-5-6(9(11(7)17)15(21)25-3)10(16(22)26-4)12(18)8(5)14(20)24-2/h5,7-8,17H,1-4H3. The summed E-state index contributed by atoms with van der Waals surface area (Å²) in [6, 6.07) is 0. The largest absolute Gasteiger partial charge is 0.510 e. The lowest BCUT2D eigenvalue weighted by Gasteiger charge is -2.20. The maximum atomic E-state index is 12.7. The van der Waals surface area contributed by atoms with Crippen molar-refractivity contribution >= 4 is 29.7 Å². The van der Waals surface area contributed by atoms with Crippen molar-refractivity contribution in [3.8, 4) is 0 Å². The highest BCUT2D eigenvalue weighted by molar-refractivity contribution is 6.27. The summed E-state index contributed by atoms with van der Waals surface area (Å²) in [5.41, 5.74) is -1.46. The Morgan fingerprint density at radius 1 is 0.769 bits per heavy atom. The van der Waals surface area contributed by atoms with Crippen molar-refractivity contribution in [1.82, 2.24) is 0 Å². The van der Waals surface area contributed by atoms with Crippen LogP contribution in [0.25, 0.3) is 0 Å². The van der Waals surface area contributed by atoms with Crippen LogP contribution in [-0.2, 0) is 42.9 Å². The van der Waals surface area contributed by atoms with E-state index in [2.05, 4.69) is 18.9 Å². The summed E-state index contributed by atoms with van der Waals surface area (Å²) in [6.45, 7) is 0. The van der Waals surface area contributed by atoms with E-state index in [0.29, 0.717) is 0 Å². The van der Waals surface area contributed by atoms with Crippen LogP contribution in [0.3, 0.4) is 0 Å². The van der Waals surface area contributed by atoms with Crippen LogP contribution in [0.2, 0.25) is 0 Å². The third-order valence-corrected chi connectivity index (χ3v) is 4.36. The molecule has 0 amide bonds. The number of hydrogen-bond acceptors (Lipinski definition) is 10. The van der Waals surface area contributed by atoms with Crippen molar-refractivity contribution in [2.75, 3.05) is 28.4 Å². The van der Waals surface area contributed by atoms with E-state index in [1.807, 2.05) is 0 Å². The molecule has 140 valence electrons. The lowest BCUT2D eigenvalue weighted by molar-refractivity contribution is -0.153. The monoisotopic (exact) mass is 368 g/mol. The van der Waals surface area contributed by atoms with Crippen LogP contribution in [0.4, 0.5) is 0 Å². The SMILES string of the molecule is COC(=O)C1=C(O)C(C(=O)OC)C2C1=C(C(=O)OC)C(=O)C2C(=O)OC. The molecule has 3 atom stereocenters. The number of hydrogen-bond donors (Lipinski definition) is 1. The average molecular weight is 368 g/mol. The third kappa shape index (κ3) is 2.54. The van der Waals surface area contributed by atoms with Crippen molar-refractivity contribution in [3.05, 3.63) is 22.5 Å². The zero-order valence-corrected chi connectivity index (χ0v) is 14.4. The number of aliphatic hydroxyl groups excluding tert-OH is 1. The van der Waals surface area contributed by atoms with E-state index in [1.54, 1.807) is 0 Å². The molecule has 2 aliphatic carbocycles. The molecule has 0 aromatic rings. The topological polar surface area (TPSA) is 142 Å². The van der Waals surface area contributed by atoms with Gasteiger partial charge in [0, 0.05) is 5.92 Å². The Balaban J connectivity index is 2.82. The van der Waals surface area contributed by atoms with E-state index in [0.717, 1.165) is 28.4 Å². The van der Waals surface area contributed by atoms with Crippen molar-refractivity contribution in [1.29, 1.82) is 0 Å². The molecule has 0 fully saturated rings. The van der Waals surface area contributed by atoms with Gasteiger partial charge >= 0.3 is 23.9 Å². The minimum absolute atomic E-state index is 0.294. The number of esters is 4. The fraction of sp³-hybridized carbons (Fsp3) is 0.438. The van der Waals surface area contributed by atoms with Gasteiger partial charge in [-0.05, 0) is 5.57 Å². The van der Waals surface area contributed by atoms with Gasteiger partial charge in [0.15, 0.2) is 5.78 Å². The Morgan fingerprint density at radius 3 is 1.69 bits per heavy atom. The predicted octanol–water partition coefficient (Wildman–Crippen LogP) is -0.768. The number of methoxy groups -OCH3 is 4. The number of aliphatic hydroxyl groups is 1. The van der Waals surface area contributed by atoms with E-state index in [-0.39, 0.29) is 5.57 Å². The lowest BCUT2D eigenvalue weighted by atomic mass is 9.83. The Bertz CT molecular complexity index is 772. The highest BCUT2D eigenvalue weighted by atomic mass is 16.5. The molecule has 2 aliphatic rings. The highest BCUT2D eigenvalue weighted by Gasteiger charge is 2.61. The van der Waals surface area contributed by atoms with Crippen LogP contribution >= 0.6 is 0 Å². The van der Waals surface area contributed by atoms with Crippen molar-refractivity contribution in [2.24, 2.45) is 17.8 Å². The Labute approximate surface area is 147 Å². The van der Waals surface area contributed by atoms with E-state index >= 15 is 0 Å². The summed E-state index contributed by atoms with van der Waals surface area (Å²) in [6.07, 6.45) is 0. The van der Waals surface area contributed by atoms with E-state index in [1.165, 1.54) is 0 Å². The van der Waals surface area contributed by atoms with Crippen molar-refractivity contribution in [3.63, 3.8) is 0 Å². The van der Waals surface area contributed by atoms with Gasteiger partial charge in [-0.15, -0.1) is 0 Å². The number of carbonyl (C=O) groups excluding carboxylic acids is 5. The number of fused-ring (bicyclic) bond motifs is 1. The second kappa shape index (κ2) is 6.98. The van der Waals surface area contributed by atoms with Gasteiger partial charge in [-0.2, -0.15) is 0 Å². The van der Waals surface area contributed by atoms with Gasteiger partial charge in [-0.3, -0.25) is 14.4 Å². The molecule has 0 spiro atoms. The molecule has 10 nitrogen and oxygen atoms in total. The van der Waals surface area contributed by atoms with Gasteiger partial charge in [-0.1, -0.05) is 0 Å². The van der Waals surface area contributed by atoms with Crippen LogP contribution in [0.5, 0.6) is 0 Å². The molecular formula is C16H16O10.